The van der Waals surface area contributed by atoms with Crippen LogP contribution in [0.2, 0.25) is 0 Å². The van der Waals surface area contributed by atoms with Gasteiger partial charge in [0.1, 0.15) is 11.9 Å². The van der Waals surface area contributed by atoms with Crippen LogP contribution in [-0.2, 0) is 5.41 Å². The Morgan fingerprint density at radius 2 is 2.00 bits per heavy atom. The van der Waals surface area contributed by atoms with Crippen molar-refractivity contribution in [2.24, 2.45) is 5.41 Å². The lowest BCUT2D eigenvalue weighted by Gasteiger charge is -2.46. The van der Waals surface area contributed by atoms with Crippen LogP contribution >= 0.6 is 15.9 Å². The summed E-state index contributed by atoms with van der Waals surface area (Å²) in [7, 11) is 0. The van der Waals surface area contributed by atoms with E-state index in [9.17, 15) is 0 Å². The molecule has 17 heavy (non-hydrogen) atoms. The summed E-state index contributed by atoms with van der Waals surface area (Å²) in [6, 6.07) is 4.46. The van der Waals surface area contributed by atoms with E-state index in [0.29, 0.717) is 6.10 Å². The van der Waals surface area contributed by atoms with Gasteiger partial charge in [0.15, 0.2) is 0 Å². The molecular formula is C15H19BrO. The summed E-state index contributed by atoms with van der Waals surface area (Å²) in [6.07, 6.45) is 2.78. The molecule has 1 aromatic carbocycles. The molecule has 2 heteroatoms. The first-order chi connectivity index (χ1) is 7.86. The summed E-state index contributed by atoms with van der Waals surface area (Å²) < 4.78 is 7.41. The summed E-state index contributed by atoms with van der Waals surface area (Å²) in [5.74, 6) is 1.11. The highest BCUT2D eigenvalue weighted by Gasteiger charge is 2.57. The summed E-state index contributed by atoms with van der Waals surface area (Å²) in [5, 5.41) is 0. The SMILES string of the molecule is Cc1cc2c(cc1Br)[C@]1(C)CC[C@H](O2)C1(C)C. The van der Waals surface area contributed by atoms with Gasteiger partial charge in [-0.1, -0.05) is 36.7 Å². The molecule has 1 nitrogen and oxygen atoms in total. The van der Waals surface area contributed by atoms with E-state index in [1.54, 1.807) is 0 Å². The maximum absolute atomic E-state index is 6.22. The van der Waals surface area contributed by atoms with Gasteiger partial charge in [-0.2, -0.15) is 0 Å². The van der Waals surface area contributed by atoms with Gasteiger partial charge < -0.3 is 4.74 Å². The number of hydrogen-bond acceptors (Lipinski definition) is 1. The lowest BCUT2D eigenvalue weighted by atomic mass is 9.63. The molecule has 1 aromatic rings. The molecule has 1 fully saturated rings. The fourth-order valence-corrected chi connectivity index (χ4v) is 3.83. The Balaban J connectivity index is 2.26. The van der Waals surface area contributed by atoms with Gasteiger partial charge >= 0.3 is 0 Å². The fourth-order valence-electron chi connectivity index (χ4n) is 3.48. The largest absolute Gasteiger partial charge is 0.490 e. The van der Waals surface area contributed by atoms with Gasteiger partial charge in [-0.25, -0.2) is 0 Å². The van der Waals surface area contributed by atoms with Crippen molar-refractivity contribution < 1.29 is 4.74 Å². The molecular weight excluding hydrogens is 276 g/mol. The Bertz CT molecular complexity index is 492. The van der Waals surface area contributed by atoms with E-state index in [1.165, 1.54) is 28.4 Å². The van der Waals surface area contributed by atoms with E-state index < -0.39 is 0 Å². The average Bonchev–Trinajstić information content (AvgIpc) is 2.41. The molecule has 0 aromatic heterocycles. The van der Waals surface area contributed by atoms with Crippen molar-refractivity contribution in [3.63, 3.8) is 0 Å². The smallest absolute Gasteiger partial charge is 0.123 e. The summed E-state index contributed by atoms with van der Waals surface area (Å²) in [4.78, 5) is 0. The normalized spacial score (nSPS) is 33.1. The van der Waals surface area contributed by atoms with Crippen molar-refractivity contribution in [2.45, 2.75) is 52.1 Å². The van der Waals surface area contributed by atoms with Crippen molar-refractivity contribution in [1.82, 2.24) is 0 Å². The zero-order valence-electron chi connectivity index (χ0n) is 10.9. The number of fused-ring (bicyclic) bond motifs is 4. The standard InChI is InChI=1S/C15H19BrO/c1-9-7-12-10(8-11(9)16)15(4)6-5-13(17-12)14(15,2)3/h7-8,13H,5-6H2,1-4H3/t13-,15-/m0/s1. The van der Waals surface area contributed by atoms with Crippen molar-refractivity contribution >= 4 is 15.9 Å². The molecule has 0 radical (unpaired) electrons. The first-order valence-corrected chi connectivity index (χ1v) is 7.13. The highest BCUT2D eigenvalue weighted by Crippen LogP contribution is 2.60. The maximum Gasteiger partial charge on any atom is 0.123 e. The highest BCUT2D eigenvalue weighted by molar-refractivity contribution is 9.10. The third-order valence-electron chi connectivity index (χ3n) is 5.26. The molecule has 2 atom stereocenters. The van der Waals surface area contributed by atoms with Crippen LogP contribution in [0.5, 0.6) is 5.75 Å². The second-order valence-electron chi connectivity index (χ2n) is 6.30. The van der Waals surface area contributed by atoms with Gasteiger partial charge in [-0.3, -0.25) is 0 Å². The van der Waals surface area contributed by atoms with E-state index in [-0.39, 0.29) is 10.8 Å². The van der Waals surface area contributed by atoms with Crippen molar-refractivity contribution in [1.29, 1.82) is 0 Å². The number of halogens is 1. The molecule has 1 aliphatic heterocycles. The minimum atomic E-state index is 0.231. The van der Waals surface area contributed by atoms with Crippen LogP contribution in [0, 0.1) is 12.3 Å². The minimum absolute atomic E-state index is 0.231. The van der Waals surface area contributed by atoms with Crippen LogP contribution in [0.1, 0.15) is 44.7 Å². The molecule has 1 heterocycles. The molecule has 0 unspecified atom stereocenters. The van der Waals surface area contributed by atoms with Crippen LogP contribution in [0.4, 0.5) is 0 Å². The zero-order valence-corrected chi connectivity index (χ0v) is 12.5. The third-order valence-corrected chi connectivity index (χ3v) is 6.11. The first kappa shape index (κ1) is 11.6. The molecule has 2 aliphatic rings. The number of hydrogen-bond donors (Lipinski definition) is 0. The molecule has 92 valence electrons. The summed E-state index contributed by atoms with van der Waals surface area (Å²) in [6.45, 7) is 9.22. The topological polar surface area (TPSA) is 9.23 Å². The predicted octanol–water partition coefficient (Wildman–Crippen LogP) is 4.60. The lowest BCUT2D eigenvalue weighted by molar-refractivity contribution is 0.0391. The van der Waals surface area contributed by atoms with Crippen LogP contribution < -0.4 is 4.74 Å². The number of aryl methyl sites for hydroxylation is 1. The molecule has 2 bridgehead atoms. The second kappa shape index (κ2) is 3.28. The molecule has 0 amide bonds. The van der Waals surface area contributed by atoms with Crippen molar-refractivity contribution in [3.05, 3.63) is 27.7 Å². The molecule has 1 saturated carbocycles. The predicted molar refractivity (Wildman–Crippen MR) is 73.7 cm³/mol. The Morgan fingerprint density at radius 1 is 1.29 bits per heavy atom. The van der Waals surface area contributed by atoms with Crippen molar-refractivity contribution in [2.75, 3.05) is 0 Å². The monoisotopic (exact) mass is 294 g/mol. The zero-order chi connectivity index (χ0) is 12.4. The summed E-state index contributed by atoms with van der Waals surface area (Å²) in [5.41, 5.74) is 3.12. The Morgan fingerprint density at radius 3 is 2.71 bits per heavy atom. The Hall–Kier alpha value is -0.500. The highest BCUT2D eigenvalue weighted by atomic mass is 79.9. The quantitative estimate of drug-likeness (QED) is 0.680. The number of rotatable bonds is 0. The van der Waals surface area contributed by atoms with E-state index >= 15 is 0 Å². The minimum Gasteiger partial charge on any atom is -0.490 e. The van der Waals surface area contributed by atoms with Crippen molar-refractivity contribution in [3.8, 4) is 5.75 Å². The molecule has 3 rings (SSSR count). The van der Waals surface area contributed by atoms with Crippen LogP contribution in [-0.4, -0.2) is 6.10 Å². The van der Waals surface area contributed by atoms with Gasteiger partial charge in [0.05, 0.1) is 0 Å². The van der Waals surface area contributed by atoms with Gasteiger partial charge in [0.2, 0.25) is 0 Å². The molecule has 0 saturated heterocycles. The Kier molecular flexibility index (Phi) is 2.24. The Labute approximate surface area is 112 Å². The fraction of sp³-hybridized carbons (Fsp3) is 0.600. The third kappa shape index (κ3) is 1.31. The van der Waals surface area contributed by atoms with Crippen LogP contribution in [0.15, 0.2) is 16.6 Å². The maximum atomic E-state index is 6.22. The van der Waals surface area contributed by atoms with Gasteiger partial charge in [-0.15, -0.1) is 0 Å². The average molecular weight is 295 g/mol. The van der Waals surface area contributed by atoms with Gasteiger partial charge in [0, 0.05) is 20.9 Å². The molecule has 0 spiro atoms. The van der Waals surface area contributed by atoms with Crippen LogP contribution in [0.3, 0.4) is 0 Å². The number of ether oxygens (including phenoxy) is 1. The number of benzene rings is 1. The lowest BCUT2D eigenvalue weighted by Crippen LogP contribution is -2.46. The van der Waals surface area contributed by atoms with E-state index in [2.05, 4.69) is 55.8 Å². The molecule has 1 aliphatic carbocycles. The van der Waals surface area contributed by atoms with Gasteiger partial charge in [0.25, 0.3) is 0 Å². The van der Waals surface area contributed by atoms with E-state index in [0.717, 1.165) is 5.75 Å². The van der Waals surface area contributed by atoms with E-state index in [4.69, 9.17) is 4.74 Å². The van der Waals surface area contributed by atoms with Gasteiger partial charge in [-0.05, 0) is 37.5 Å². The second-order valence-corrected chi connectivity index (χ2v) is 7.15. The first-order valence-electron chi connectivity index (χ1n) is 6.33. The summed E-state index contributed by atoms with van der Waals surface area (Å²) >= 11 is 3.65. The van der Waals surface area contributed by atoms with E-state index in [1.807, 2.05) is 0 Å². The molecule has 0 N–H and O–H groups in total. The van der Waals surface area contributed by atoms with Crippen LogP contribution in [0.25, 0.3) is 0 Å².